The lowest BCUT2D eigenvalue weighted by atomic mass is 9.95. The van der Waals surface area contributed by atoms with Crippen LogP contribution >= 0.6 is 0 Å². The number of amides is 1. The second-order valence-corrected chi connectivity index (χ2v) is 4.15. The average Bonchev–Trinajstić information content (AvgIpc) is 2.37. The standard InChI is InChI=1S/C15H14N2O/c1-3-6-15(18)17-11(2)9-12-7-4-5-8-13(12)14(17)10-16/h3-9,14H,1-2H3/b6-3+/t14-/m1/s1. The van der Waals surface area contributed by atoms with Gasteiger partial charge >= 0.3 is 0 Å². The minimum absolute atomic E-state index is 0.160. The number of carbonyl (C=O) groups excluding carboxylic acids is 1. The molecule has 0 saturated carbocycles. The zero-order valence-electron chi connectivity index (χ0n) is 10.4. The van der Waals surface area contributed by atoms with Gasteiger partial charge < -0.3 is 0 Å². The van der Waals surface area contributed by atoms with Crippen molar-refractivity contribution in [1.82, 2.24) is 4.90 Å². The molecule has 1 aromatic carbocycles. The topological polar surface area (TPSA) is 44.1 Å². The molecule has 0 aromatic heterocycles. The van der Waals surface area contributed by atoms with Crippen LogP contribution in [0.2, 0.25) is 0 Å². The Hall–Kier alpha value is -2.34. The summed E-state index contributed by atoms with van der Waals surface area (Å²) in [5.41, 5.74) is 2.68. The summed E-state index contributed by atoms with van der Waals surface area (Å²) in [4.78, 5) is 13.6. The van der Waals surface area contributed by atoms with Gasteiger partial charge in [0.1, 0.15) is 6.04 Å². The Morgan fingerprint density at radius 3 is 2.83 bits per heavy atom. The molecule has 0 saturated heterocycles. The monoisotopic (exact) mass is 238 g/mol. The first-order chi connectivity index (χ1) is 8.69. The summed E-state index contributed by atoms with van der Waals surface area (Å²) < 4.78 is 0. The van der Waals surface area contributed by atoms with Crippen LogP contribution in [0.1, 0.15) is 31.0 Å². The number of fused-ring (bicyclic) bond motifs is 1. The fraction of sp³-hybridized carbons (Fsp3) is 0.200. The molecule has 1 atom stereocenters. The molecular formula is C15H14N2O. The van der Waals surface area contributed by atoms with E-state index in [0.29, 0.717) is 0 Å². The summed E-state index contributed by atoms with van der Waals surface area (Å²) >= 11 is 0. The predicted octanol–water partition coefficient (Wildman–Crippen LogP) is 3.03. The maximum absolute atomic E-state index is 12.0. The van der Waals surface area contributed by atoms with Crippen molar-refractivity contribution >= 4 is 12.0 Å². The molecule has 1 amide bonds. The van der Waals surface area contributed by atoms with Crippen LogP contribution < -0.4 is 0 Å². The van der Waals surface area contributed by atoms with Crippen LogP contribution in [0.15, 0.2) is 42.1 Å². The maximum Gasteiger partial charge on any atom is 0.251 e. The maximum atomic E-state index is 12.0. The molecule has 0 bridgehead atoms. The van der Waals surface area contributed by atoms with E-state index in [9.17, 15) is 10.1 Å². The van der Waals surface area contributed by atoms with Gasteiger partial charge in [-0.05, 0) is 37.1 Å². The number of benzene rings is 1. The molecule has 2 rings (SSSR count). The number of nitriles is 1. The molecule has 0 aliphatic carbocycles. The third-order valence-corrected chi connectivity index (χ3v) is 2.96. The van der Waals surface area contributed by atoms with Gasteiger partial charge in [-0.3, -0.25) is 9.69 Å². The third-order valence-electron chi connectivity index (χ3n) is 2.96. The van der Waals surface area contributed by atoms with Gasteiger partial charge in [0.2, 0.25) is 0 Å². The number of hydrogen-bond acceptors (Lipinski definition) is 2. The van der Waals surface area contributed by atoms with E-state index in [1.54, 1.807) is 13.0 Å². The van der Waals surface area contributed by atoms with Gasteiger partial charge in [0, 0.05) is 5.70 Å². The van der Waals surface area contributed by atoms with Crippen LogP contribution in [0.3, 0.4) is 0 Å². The zero-order chi connectivity index (χ0) is 13.1. The number of allylic oxidation sites excluding steroid dienone is 2. The van der Waals surface area contributed by atoms with Crippen LogP contribution in [0.25, 0.3) is 6.08 Å². The van der Waals surface area contributed by atoms with Crippen molar-refractivity contribution in [1.29, 1.82) is 5.26 Å². The summed E-state index contributed by atoms with van der Waals surface area (Å²) in [6.07, 6.45) is 5.10. The molecule has 0 radical (unpaired) electrons. The Morgan fingerprint density at radius 2 is 2.17 bits per heavy atom. The van der Waals surface area contributed by atoms with E-state index in [4.69, 9.17) is 0 Å². The van der Waals surface area contributed by atoms with Crippen molar-refractivity contribution in [2.45, 2.75) is 19.9 Å². The SMILES string of the molecule is C/C=C/C(=O)N1C(C)=Cc2ccccc2[C@H]1C#N. The van der Waals surface area contributed by atoms with Gasteiger partial charge in [0.05, 0.1) is 6.07 Å². The van der Waals surface area contributed by atoms with Crippen molar-refractivity contribution in [3.63, 3.8) is 0 Å². The predicted molar refractivity (Wildman–Crippen MR) is 70.1 cm³/mol. The van der Waals surface area contributed by atoms with Crippen molar-refractivity contribution in [2.75, 3.05) is 0 Å². The van der Waals surface area contributed by atoms with E-state index in [2.05, 4.69) is 6.07 Å². The minimum Gasteiger partial charge on any atom is -0.292 e. The molecule has 1 aliphatic heterocycles. The van der Waals surface area contributed by atoms with Gasteiger partial charge in [-0.1, -0.05) is 30.3 Å². The van der Waals surface area contributed by atoms with Crippen molar-refractivity contribution < 1.29 is 4.79 Å². The van der Waals surface area contributed by atoms with Crippen molar-refractivity contribution in [3.05, 3.63) is 53.2 Å². The summed E-state index contributed by atoms with van der Waals surface area (Å²) in [7, 11) is 0. The Balaban J connectivity index is 2.53. The Kier molecular flexibility index (Phi) is 3.29. The second kappa shape index (κ2) is 4.89. The van der Waals surface area contributed by atoms with Gasteiger partial charge in [-0.25, -0.2) is 0 Å². The molecule has 1 aliphatic rings. The van der Waals surface area contributed by atoms with Crippen LogP contribution in [0.4, 0.5) is 0 Å². The van der Waals surface area contributed by atoms with Gasteiger partial charge in [0.25, 0.3) is 5.91 Å². The molecule has 0 unspecified atom stereocenters. The van der Waals surface area contributed by atoms with Crippen molar-refractivity contribution in [3.8, 4) is 6.07 Å². The fourth-order valence-electron chi connectivity index (χ4n) is 2.18. The first kappa shape index (κ1) is 12.1. The molecule has 1 aromatic rings. The summed E-state index contributed by atoms with van der Waals surface area (Å²) in [5.74, 6) is -0.160. The fourth-order valence-corrected chi connectivity index (χ4v) is 2.18. The molecule has 0 N–H and O–H groups in total. The normalized spacial score (nSPS) is 18.2. The van der Waals surface area contributed by atoms with E-state index in [1.165, 1.54) is 11.0 Å². The Morgan fingerprint density at radius 1 is 1.44 bits per heavy atom. The number of carbonyl (C=O) groups is 1. The highest BCUT2D eigenvalue weighted by molar-refractivity contribution is 5.91. The highest BCUT2D eigenvalue weighted by Crippen LogP contribution is 2.33. The minimum atomic E-state index is -0.546. The molecule has 3 nitrogen and oxygen atoms in total. The first-order valence-corrected chi connectivity index (χ1v) is 5.81. The van der Waals surface area contributed by atoms with E-state index in [-0.39, 0.29) is 5.91 Å². The summed E-state index contributed by atoms with van der Waals surface area (Å²) in [6, 6.07) is 9.33. The molecule has 90 valence electrons. The van der Waals surface area contributed by atoms with E-state index >= 15 is 0 Å². The molecule has 0 spiro atoms. The lowest BCUT2D eigenvalue weighted by Gasteiger charge is -2.32. The Bertz CT molecular complexity index is 578. The zero-order valence-corrected chi connectivity index (χ0v) is 10.4. The lowest BCUT2D eigenvalue weighted by Crippen LogP contribution is -2.33. The van der Waals surface area contributed by atoms with Crippen molar-refractivity contribution in [2.24, 2.45) is 0 Å². The number of rotatable bonds is 1. The lowest BCUT2D eigenvalue weighted by molar-refractivity contribution is -0.125. The summed E-state index contributed by atoms with van der Waals surface area (Å²) in [6.45, 7) is 3.64. The molecule has 0 fully saturated rings. The summed E-state index contributed by atoms with van der Waals surface area (Å²) in [5, 5.41) is 9.35. The van der Waals surface area contributed by atoms with E-state index in [1.807, 2.05) is 37.3 Å². The van der Waals surface area contributed by atoms with Gasteiger partial charge in [-0.15, -0.1) is 0 Å². The number of nitrogens with zero attached hydrogens (tertiary/aromatic N) is 2. The van der Waals surface area contributed by atoms with Gasteiger partial charge in [0.15, 0.2) is 0 Å². The first-order valence-electron chi connectivity index (χ1n) is 5.81. The quantitative estimate of drug-likeness (QED) is 0.706. The van der Waals surface area contributed by atoms with Crippen LogP contribution in [-0.4, -0.2) is 10.8 Å². The Labute approximate surface area is 107 Å². The van der Waals surface area contributed by atoms with Crippen LogP contribution in [-0.2, 0) is 4.79 Å². The van der Waals surface area contributed by atoms with E-state index < -0.39 is 6.04 Å². The van der Waals surface area contributed by atoms with E-state index in [0.717, 1.165) is 16.8 Å². The molecule has 1 heterocycles. The van der Waals surface area contributed by atoms with Crippen LogP contribution in [0, 0.1) is 11.3 Å². The molecular weight excluding hydrogens is 224 g/mol. The van der Waals surface area contributed by atoms with Gasteiger partial charge in [-0.2, -0.15) is 5.26 Å². The highest BCUT2D eigenvalue weighted by atomic mass is 16.2. The molecule has 3 heteroatoms. The highest BCUT2D eigenvalue weighted by Gasteiger charge is 2.29. The van der Waals surface area contributed by atoms with Crippen LogP contribution in [0.5, 0.6) is 0 Å². The number of hydrogen-bond donors (Lipinski definition) is 0. The smallest absolute Gasteiger partial charge is 0.251 e. The largest absolute Gasteiger partial charge is 0.292 e. The average molecular weight is 238 g/mol. The third kappa shape index (κ3) is 1.93. The molecule has 18 heavy (non-hydrogen) atoms. The second-order valence-electron chi connectivity index (χ2n) is 4.15.